The molecule has 0 unspecified atom stereocenters. The highest BCUT2D eigenvalue weighted by Gasteiger charge is 2.08. The van der Waals surface area contributed by atoms with E-state index in [9.17, 15) is 4.79 Å². The smallest absolute Gasteiger partial charge is 0.244 e. The fourth-order valence-corrected chi connectivity index (χ4v) is 1.57. The summed E-state index contributed by atoms with van der Waals surface area (Å²) in [7, 11) is 3.18. The highest BCUT2D eigenvalue weighted by molar-refractivity contribution is 5.92. The van der Waals surface area contributed by atoms with Gasteiger partial charge in [0.25, 0.3) is 0 Å². The first-order chi connectivity index (χ1) is 9.47. The highest BCUT2D eigenvalue weighted by Crippen LogP contribution is 2.27. The minimum absolute atomic E-state index is 0.0963. The van der Waals surface area contributed by atoms with Crippen molar-refractivity contribution in [2.75, 3.05) is 14.2 Å². The lowest BCUT2D eigenvalue weighted by molar-refractivity contribution is -0.117. The van der Waals surface area contributed by atoms with Gasteiger partial charge in [-0.2, -0.15) is 0 Å². The monoisotopic (exact) mass is 277 g/mol. The number of carbonyl (C=O) groups is 1. The van der Waals surface area contributed by atoms with Crippen molar-refractivity contribution in [2.45, 2.75) is 26.8 Å². The lowest BCUT2D eigenvalue weighted by Gasteiger charge is -2.15. The Balaban J connectivity index is 2.73. The number of carbonyl (C=O) groups excluding carboxylic acids is 1. The van der Waals surface area contributed by atoms with E-state index in [1.54, 1.807) is 20.3 Å². The number of benzene rings is 1. The van der Waals surface area contributed by atoms with E-state index in [-0.39, 0.29) is 11.9 Å². The summed E-state index contributed by atoms with van der Waals surface area (Å²) in [6, 6.07) is 5.66. The zero-order valence-electron chi connectivity index (χ0n) is 12.8. The molecule has 0 saturated carbocycles. The van der Waals surface area contributed by atoms with Crippen LogP contribution in [-0.2, 0) is 4.79 Å². The third-order valence-electron chi connectivity index (χ3n) is 3.20. The van der Waals surface area contributed by atoms with Gasteiger partial charge < -0.3 is 14.8 Å². The largest absolute Gasteiger partial charge is 0.493 e. The average Bonchev–Trinajstić information content (AvgIpc) is 2.44. The van der Waals surface area contributed by atoms with Crippen LogP contribution < -0.4 is 14.8 Å². The first kappa shape index (κ1) is 16.1. The predicted octanol–water partition coefficient (Wildman–Crippen LogP) is 2.88. The van der Waals surface area contributed by atoms with Crippen molar-refractivity contribution in [3.8, 4) is 11.5 Å². The second kappa shape index (κ2) is 7.58. The van der Waals surface area contributed by atoms with E-state index in [2.05, 4.69) is 19.2 Å². The second-order valence-corrected chi connectivity index (χ2v) is 4.99. The lowest BCUT2D eigenvalue weighted by atomic mass is 10.1. The first-order valence-corrected chi connectivity index (χ1v) is 6.68. The first-order valence-electron chi connectivity index (χ1n) is 6.68. The number of nitrogens with one attached hydrogen (secondary N) is 1. The van der Waals surface area contributed by atoms with Gasteiger partial charge in [0, 0.05) is 12.1 Å². The zero-order valence-corrected chi connectivity index (χ0v) is 12.8. The maximum atomic E-state index is 11.8. The van der Waals surface area contributed by atoms with Crippen molar-refractivity contribution >= 4 is 12.0 Å². The molecule has 20 heavy (non-hydrogen) atoms. The fourth-order valence-electron chi connectivity index (χ4n) is 1.57. The van der Waals surface area contributed by atoms with Crippen LogP contribution in [0.2, 0.25) is 0 Å². The standard InChI is InChI=1S/C16H23NO3/c1-11(2)12(3)17-16(18)9-7-13-6-8-14(19-4)15(10-13)20-5/h6-12H,1-5H3,(H,17,18)/b9-7+/t12-/m1/s1. The minimum Gasteiger partial charge on any atom is -0.493 e. The van der Waals surface area contributed by atoms with Crippen molar-refractivity contribution in [3.63, 3.8) is 0 Å². The maximum Gasteiger partial charge on any atom is 0.244 e. The third kappa shape index (κ3) is 4.61. The fraction of sp³-hybridized carbons (Fsp3) is 0.438. The molecular weight excluding hydrogens is 254 g/mol. The summed E-state index contributed by atoms with van der Waals surface area (Å²) in [4.78, 5) is 11.8. The van der Waals surface area contributed by atoms with Gasteiger partial charge in [-0.05, 0) is 36.6 Å². The zero-order chi connectivity index (χ0) is 15.1. The molecule has 1 aromatic rings. The van der Waals surface area contributed by atoms with E-state index in [1.165, 1.54) is 6.08 Å². The van der Waals surface area contributed by atoms with E-state index in [4.69, 9.17) is 9.47 Å². The molecule has 4 nitrogen and oxygen atoms in total. The summed E-state index contributed by atoms with van der Waals surface area (Å²) in [5, 5.41) is 2.92. The van der Waals surface area contributed by atoms with Gasteiger partial charge in [0.15, 0.2) is 11.5 Å². The van der Waals surface area contributed by atoms with Crippen molar-refractivity contribution in [1.82, 2.24) is 5.32 Å². The molecule has 0 aromatic heterocycles. The SMILES string of the molecule is COc1ccc(/C=C/C(=O)N[C@H](C)C(C)C)cc1OC. The van der Waals surface area contributed by atoms with Gasteiger partial charge in [-0.25, -0.2) is 0 Å². The molecule has 1 amide bonds. The van der Waals surface area contributed by atoms with Crippen LogP contribution in [0.3, 0.4) is 0 Å². The Labute approximate surface area is 120 Å². The minimum atomic E-state index is -0.0963. The van der Waals surface area contributed by atoms with Crippen LogP contribution in [-0.4, -0.2) is 26.2 Å². The van der Waals surface area contributed by atoms with Crippen molar-refractivity contribution in [2.24, 2.45) is 5.92 Å². The van der Waals surface area contributed by atoms with Crippen LogP contribution in [0.15, 0.2) is 24.3 Å². The van der Waals surface area contributed by atoms with E-state index >= 15 is 0 Å². The molecule has 0 bridgehead atoms. The molecule has 1 rings (SSSR count). The van der Waals surface area contributed by atoms with Crippen molar-refractivity contribution < 1.29 is 14.3 Å². The van der Waals surface area contributed by atoms with Gasteiger partial charge in [-0.1, -0.05) is 19.9 Å². The molecule has 0 spiro atoms. The van der Waals surface area contributed by atoms with Gasteiger partial charge in [0.05, 0.1) is 14.2 Å². The highest BCUT2D eigenvalue weighted by atomic mass is 16.5. The molecule has 0 aliphatic heterocycles. The number of methoxy groups -OCH3 is 2. The van der Waals surface area contributed by atoms with Crippen LogP contribution in [0.4, 0.5) is 0 Å². The summed E-state index contributed by atoms with van der Waals surface area (Å²) in [5.74, 6) is 1.63. The van der Waals surface area contributed by atoms with E-state index in [0.717, 1.165) is 5.56 Å². The second-order valence-electron chi connectivity index (χ2n) is 4.99. The lowest BCUT2D eigenvalue weighted by Crippen LogP contribution is -2.34. The summed E-state index contributed by atoms with van der Waals surface area (Å²) in [5.41, 5.74) is 0.884. The molecule has 0 aliphatic rings. The third-order valence-corrected chi connectivity index (χ3v) is 3.20. The van der Waals surface area contributed by atoms with E-state index < -0.39 is 0 Å². The van der Waals surface area contributed by atoms with E-state index in [1.807, 2.05) is 25.1 Å². The molecule has 1 aromatic carbocycles. The Bertz CT molecular complexity index is 481. The predicted molar refractivity (Wildman–Crippen MR) is 81.0 cm³/mol. The summed E-state index contributed by atoms with van der Waals surface area (Å²) in [6.07, 6.45) is 3.28. The van der Waals surface area contributed by atoms with Gasteiger partial charge in [0.2, 0.25) is 5.91 Å². The molecule has 1 N–H and O–H groups in total. The number of ether oxygens (including phenoxy) is 2. The topological polar surface area (TPSA) is 47.6 Å². The molecule has 1 atom stereocenters. The summed E-state index contributed by atoms with van der Waals surface area (Å²) >= 11 is 0. The number of hydrogen-bond acceptors (Lipinski definition) is 3. The van der Waals surface area contributed by atoms with Crippen LogP contribution in [0.5, 0.6) is 11.5 Å². The van der Waals surface area contributed by atoms with Crippen LogP contribution >= 0.6 is 0 Å². The molecule has 110 valence electrons. The average molecular weight is 277 g/mol. The Hall–Kier alpha value is -1.97. The summed E-state index contributed by atoms with van der Waals surface area (Å²) in [6.45, 7) is 6.14. The van der Waals surface area contributed by atoms with Crippen LogP contribution in [0, 0.1) is 5.92 Å². The van der Waals surface area contributed by atoms with Crippen molar-refractivity contribution in [3.05, 3.63) is 29.8 Å². The molecule has 0 saturated heterocycles. The van der Waals surface area contributed by atoms with E-state index in [0.29, 0.717) is 17.4 Å². The maximum absolute atomic E-state index is 11.8. The Morgan fingerprint density at radius 1 is 1.15 bits per heavy atom. The van der Waals surface area contributed by atoms with Gasteiger partial charge >= 0.3 is 0 Å². The molecule has 0 aliphatic carbocycles. The Morgan fingerprint density at radius 2 is 1.80 bits per heavy atom. The molecular formula is C16H23NO3. The number of hydrogen-bond donors (Lipinski definition) is 1. The van der Waals surface area contributed by atoms with Gasteiger partial charge in [0.1, 0.15) is 0 Å². The molecule has 0 radical (unpaired) electrons. The number of rotatable bonds is 6. The molecule has 0 heterocycles. The van der Waals surface area contributed by atoms with Crippen LogP contribution in [0.1, 0.15) is 26.3 Å². The Morgan fingerprint density at radius 3 is 2.35 bits per heavy atom. The molecule has 4 heteroatoms. The quantitative estimate of drug-likeness (QED) is 0.813. The normalized spacial score (nSPS) is 12.5. The van der Waals surface area contributed by atoms with Gasteiger partial charge in [-0.3, -0.25) is 4.79 Å². The Kier molecular flexibility index (Phi) is 6.10. The van der Waals surface area contributed by atoms with Gasteiger partial charge in [-0.15, -0.1) is 0 Å². The van der Waals surface area contributed by atoms with Crippen molar-refractivity contribution in [1.29, 1.82) is 0 Å². The number of amides is 1. The summed E-state index contributed by atoms with van der Waals surface area (Å²) < 4.78 is 10.4. The molecule has 0 fully saturated rings. The van der Waals surface area contributed by atoms with Crippen LogP contribution in [0.25, 0.3) is 6.08 Å².